The van der Waals surface area contributed by atoms with Gasteiger partial charge in [-0.1, -0.05) is 5.10 Å². The fourth-order valence-corrected chi connectivity index (χ4v) is 2.10. The molecule has 19 heavy (non-hydrogen) atoms. The second kappa shape index (κ2) is 6.83. The Morgan fingerprint density at radius 2 is 1.95 bits per heavy atom. The van der Waals surface area contributed by atoms with Gasteiger partial charge in [-0.15, -0.1) is 5.10 Å². The van der Waals surface area contributed by atoms with Crippen LogP contribution in [0.5, 0.6) is 0 Å². The van der Waals surface area contributed by atoms with Gasteiger partial charge in [0.1, 0.15) is 0 Å². The van der Waals surface area contributed by atoms with Gasteiger partial charge < -0.3 is 20.0 Å². The smallest absolute Gasteiger partial charge is 0.318 e. The van der Waals surface area contributed by atoms with Crippen LogP contribution in [-0.4, -0.2) is 79.9 Å². The molecule has 1 aromatic heterocycles. The highest BCUT2D eigenvalue weighted by Crippen LogP contribution is 2.14. The van der Waals surface area contributed by atoms with E-state index < -0.39 is 0 Å². The lowest BCUT2D eigenvalue weighted by Gasteiger charge is -2.34. The Hall–Kier alpha value is -1.18. The van der Waals surface area contributed by atoms with Crippen LogP contribution in [0.2, 0.25) is 0 Å². The summed E-state index contributed by atoms with van der Waals surface area (Å²) in [6.45, 7) is 6.73. The number of aromatic nitrogens is 2. The minimum atomic E-state index is 0.542. The van der Waals surface area contributed by atoms with E-state index in [-0.39, 0.29) is 0 Å². The predicted molar refractivity (Wildman–Crippen MR) is 74.3 cm³/mol. The van der Waals surface area contributed by atoms with Gasteiger partial charge in [0.2, 0.25) is 5.89 Å². The van der Waals surface area contributed by atoms with Crippen molar-refractivity contribution in [1.29, 1.82) is 0 Å². The van der Waals surface area contributed by atoms with Gasteiger partial charge in [-0.2, -0.15) is 0 Å². The fourth-order valence-electron chi connectivity index (χ4n) is 2.10. The minimum Gasteiger partial charge on any atom is -0.408 e. The molecule has 0 bridgehead atoms. The van der Waals surface area contributed by atoms with Gasteiger partial charge >= 0.3 is 6.01 Å². The Morgan fingerprint density at radius 1 is 1.21 bits per heavy atom. The normalized spacial score (nSPS) is 17.4. The van der Waals surface area contributed by atoms with Crippen LogP contribution in [0.1, 0.15) is 5.89 Å². The molecular formula is C12H24N6O. The van der Waals surface area contributed by atoms with E-state index in [1.165, 1.54) is 0 Å². The second-order valence-corrected chi connectivity index (χ2v) is 5.15. The molecule has 0 spiro atoms. The third kappa shape index (κ3) is 4.15. The van der Waals surface area contributed by atoms with Crippen LogP contribution >= 0.6 is 0 Å². The molecule has 0 radical (unpaired) electrons. The first-order valence-corrected chi connectivity index (χ1v) is 6.83. The van der Waals surface area contributed by atoms with Crippen molar-refractivity contribution in [3.8, 4) is 0 Å². The zero-order chi connectivity index (χ0) is 13.7. The van der Waals surface area contributed by atoms with Crippen molar-refractivity contribution < 1.29 is 4.42 Å². The van der Waals surface area contributed by atoms with Gasteiger partial charge in [0, 0.05) is 52.2 Å². The third-order valence-electron chi connectivity index (χ3n) is 3.32. The van der Waals surface area contributed by atoms with Crippen LogP contribution in [0, 0.1) is 0 Å². The highest BCUT2D eigenvalue weighted by molar-refractivity contribution is 5.25. The molecule has 1 aliphatic rings. The molecule has 0 amide bonds. The zero-order valence-corrected chi connectivity index (χ0v) is 11.9. The van der Waals surface area contributed by atoms with E-state index in [2.05, 4.69) is 39.0 Å². The zero-order valence-electron chi connectivity index (χ0n) is 11.9. The molecule has 2 N–H and O–H groups in total. The summed E-state index contributed by atoms with van der Waals surface area (Å²) in [7, 11) is 4.21. The standard InChI is InChI=1S/C12H24N6O/c1-16(2)5-6-17-7-9-18(10-8-17)12-15-14-11(19-12)3-4-13/h3-10,13H2,1-2H3. The van der Waals surface area contributed by atoms with Gasteiger partial charge in [0.25, 0.3) is 0 Å². The monoisotopic (exact) mass is 268 g/mol. The van der Waals surface area contributed by atoms with Gasteiger partial charge in [-0.3, -0.25) is 4.90 Å². The summed E-state index contributed by atoms with van der Waals surface area (Å²) in [4.78, 5) is 6.83. The summed E-state index contributed by atoms with van der Waals surface area (Å²) in [5.41, 5.74) is 5.47. The third-order valence-corrected chi connectivity index (χ3v) is 3.32. The van der Waals surface area contributed by atoms with E-state index in [4.69, 9.17) is 10.2 Å². The summed E-state index contributed by atoms with van der Waals surface area (Å²) in [5.74, 6) is 0.632. The molecule has 2 heterocycles. The minimum absolute atomic E-state index is 0.542. The summed E-state index contributed by atoms with van der Waals surface area (Å²) in [6.07, 6.45) is 0.649. The van der Waals surface area contributed by atoms with Crippen LogP contribution in [0.3, 0.4) is 0 Å². The van der Waals surface area contributed by atoms with Gasteiger partial charge in [0.05, 0.1) is 0 Å². The van der Waals surface area contributed by atoms with Crippen LogP contribution in [0.15, 0.2) is 4.42 Å². The Balaban J connectivity index is 1.78. The molecule has 0 aromatic carbocycles. The van der Waals surface area contributed by atoms with Crippen LogP contribution in [0.4, 0.5) is 6.01 Å². The Morgan fingerprint density at radius 3 is 2.58 bits per heavy atom. The van der Waals surface area contributed by atoms with Crippen LogP contribution < -0.4 is 10.6 Å². The van der Waals surface area contributed by atoms with Crippen molar-refractivity contribution in [2.45, 2.75) is 6.42 Å². The highest BCUT2D eigenvalue weighted by Gasteiger charge is 2.20. The molecule has 1 aromatic rings. The molecule has 1 aliphatic heterocycles. The number of anilines is 1. The maximum absolute atomic E-state index is 5.59. The molecule has 0 unspecified atom stereocenters. The number of rotatable bonds is 6. The van der Waals surface area contributed by atoms with E-state index >= 15 is 0 Å². The average molecular weight is 268 g/mol. The molecule has 1 fully saturated rings. The number of hydrogen-bond donors (Lipinski definition) is 1. The van der Waals surface area contributed by atoms with Gasteiger partial charge in [0.15, 0.2) is 0 Å². The second-order valence-electron chi connectivity index (χ2n) is 5.15. The first-order valence-electron chi connectivity index (χ1n) is 6.83. The van der Waals surface area contributed by atoms with E-state index in [1.807, 2.05) is 0 Å². The molecule has 2 rings (SSSR count). The predicted octanol–water partition coefficient (Wildman–Crippen LogP) is -0.746. The van der Waals surface area contributed by atoms with Crippen molar-refractivity contribution in [3.05, 3.63) is 5.89 Å². The molecule has 7 heteroatoms. The van der Waals surface area contributed by atoms with Gasteiger partial charge in [-0.25, -0.2) is 0 Å². The molecule has 0 atom stereocenters. The lowest BCUT2D eigenvalue weighted by Crippen LogP contribution is -2.48. The summed E-state index contributed by atoms with van der Waals surface area (Å²) in [6, 6.07) is 0.635. The lowest BCUT2D eigenvalue weighted by molar-refractivity contribution is 0.226. The largest absolute Gasteiger partial charge is 0.408 e. The maximum Gasteiger partial charge on any atom is 0.318 e. The number of nitrogens with zero attached hydrogens (tertiary/aromatic N) is 5. The average Bonchev–Trinajstić information content (AvgIpc) is 2.86. The highest BCUT2D eigenvalue weighted by atomic mass is 16.4. The quantitative estimate of drug-likeness (QED) is 0.728. The molecule has 1 saturated heterocycles. The number of nitrogens with two attached hydrogens (primary N) is 1. The van der Waals surface area contributed by atoms with E-state index in [0.717, 1.165) is 39.3 Å². The van der Waals surface area contributed by atoms with Crippen molar-refractivity contribution in [3.63, 3.8) is 0 Å². The van der Waals surface area contributed by atoms with E-state index in [9.17, 15) is 0 Å². The number of hydrogen-bond acceptors (Lipinski definition) is 7. The SMILES string of the molecule is CN(C)CCN1CCN(c2nnc(CCN)o2)CC1. The summed E-state index contributed by atoms with van der Waals surface area (Å²) < 4.78 is 5.59. The molecule has 0 aliphatic carbocycles. The molecular weight excluding hydrogens is 244 g/mol. The van der Waals surface area contributed by atoms with Crippen LogP contribution in [-0.2, 0) is 6.42 Å². The summed E-state index contributed by atoms with van der Waals surface area (Å²) >= 11 is 0. The molecule has 108 valence electrons. The Labute approximate surface area is 114 Å². The first kappa shape index (κ1) is 14.2. The molecule has 0 saturated carbocycles. The fraction of sp³-hybridized carbons (Fsp3) is 0.833. The van der Waals surface area contributed by atoms with E-state index in [1.54, 1.807) is 0 Å². The van der Waals surface area contributed by atoms with Crippen molar-refractivity contribution in [1.82, 2.24) is 20.0 Å². The maximum atomic E-state index is 5.59. The van der Waals surface area contributed by atoms with Crippen molar-refractivity contribution in [2.75, 3.05) is 64.8 Å². The van der Waals surface area contributed by atoms with E-state index in [0.29, 0.717) is 24.9 Å². The number of piperazine rings is 1. The first-order chi connectivity index (χ1) is 9.19. The Kier molecular flexibility index (Phi) is 5.12. The molecule has 7 nitrogen and oxygen atoms in total. The van der Waals surface area contributed by atoms with Crippen molar-refractivity contribution in [2.24, 2.45) is 5.73 Å². The lowest BCUT2D eigenvalue weighted by atomic mass is 10.3. The van der Waals surface area contributed by atoms with Gasteiger partial charge in [-0.05, 0) is 14.1 Å². The Bertz CT molecular complexity index is 372. The number of likely N-dealkylation sites (N-methyl/N-ethyl adjacent to an activating group) is 1. The van der Waals surface area contributed by atoms with Crippen LogP contribution in [0.25, 0.3) is 0 Å². The summed E-state index contributed by atoms with van der Waals surface area (Å²) in [5, 5.41) is 8.09. The van der Waals surface area contributed by atoms with Crippen molar-refractivity contribution >= 4 is 6.01 Å². The topological polar surface area (TPSA) is 74.7 Å².